The SMILES string of the molecule is CC(C)Cc1cnc2cc(OC[C@H]3O[C@@H](n4ccc5c(N)ncnc54)[C@H](O)[C@@H]3O)ccc2c1. The number of aliphatic hydroxyl groups is 2. The van der Waals surface area contributed by atoms with Crippen molar-refractivity contribution in [2.24, 2.45) is 5.92 Å². The fraction of sp³-hybridized carbons (Fsp3) is 0.375. The highest BCUT2D eigenvalue weighted by Crippen LogP contribution is 2.33. The first-order chi connectivity index (χ1) is 15.9. The number of nitrogens with two attached hydrogens (primary N) is 1. The first kappa shape index (κ1) is 21.6. The highest BCUT2D eigenvalue weighted by Gasteiger charge is 2.44. The van der Waals surface area contributed by atoms with Crippen molar-refractivity contribution in [3.8, 4) is 5.75 Å². The number of nitrogen functional groups attached to an aromatic ring is 1. The van der Waals surface area contributed by atoms with Gasteiger partial charge >= 0.3 is 0 Å². The van der Waals surface area contributed by atoms with Gasteiger partial charge in [-0.2, -0.15) is 0 Å². The molecule has 4 aromatic rings. The molecular weight excluding hydrogens is 422 g/mol. The number of pyridine rings is 1. The van der Waals surface area contributed by atoms with Crippen LogP contribution in [-0.4, -0.2) is 54.7 Å². The Morgan fingerprint density at radius 1 is 1.12 bits per heavy atom. The van der Waals surface area contributed by atoms with Crippen LogP contribution >= 0.6 is 0 Å². The van der Waals surface area contributed by atoms with Gasteiger partial charge in [0.2, 0.25) is 0 Å². The lowest BCUT2D eigenvalue weighted by Gasteiger charge is -2.17. The maximum atomic E-state index is 10.6. The molecule has 9 nitrogen and oxygen atoms in total. The molecule has 0 radical (unpaired) electrons. The summed E-state index contributed by atoms with van der Waals surface area (Å²) in [6.07, 6.45) is 2.13. The Balaban J connectivity index is 1.29. The lowest BCUT2D eigenvalue weighted by atomic mass is 10.0. The minimum atomic E-state index is -1.15. The standard InChI is InChI=1S/C24H27N5O4/c1-13(2)7-14-8-15-3-4-16(9-18(15)26-10-14)32-11-19-20(30)21(31)24(33-19)29-6-5-17-22(25)27-12-28-23(17)29/h3-6,8-10,12-13,19-21,24,30-31H,7,11H2,1-2H3,(H2,25,27,28)/t19-,20-,21-,24-/m1/s1. The number of ether oxygens (including phenoxy) is 2. The second-order valence-electron chi connectivity index (χ2n) is 8.87. The zero-order valence-electron chi connectivity index (χ0n) is 18.5. The van der Waals surface area contributed by atoms with Crippen LogP contribution in [0.15, 0.2) is 49.1 Å². The van der Waals surface area contributed by atoms with E-state index in [1.807, 2.05) is 24.4 Å². The third kappa shape index (κ3) is 4.10. The number of aliphatic hydroxyl groups excluding tert-OH is 2. The van der Waals surface area contributed by atoms with Gasteiger partial charge in [-0.05, 0) is 42.2 Å². The van der Waals surface area contributed by atoms with Crippen LogP contribution in [0.2, 0.25) is 0 Å². The van der Waals surface area contributed by atoms with E-state index in [-0.39, 0.29) is 6.61 Å². The Morgan fingerprint density at radius 2 is 1.97 bits per heavy atom. The van der Waals surface area contributed by atoms with Crippen molar-refractivity contribution in [3.63, 3.8) is 0 Å². The molecule has 9 heteroatoms. The largest absolute Gasteiger partial charge is 0.491 e. The molecular formula is C24H27N5O4. The van der Waals surface area contributed by atoms with Crippen LogP contribution in [0.3, 0.4) is 0 Å². The highest BCUT2D eigenvalue weighted by molar-refractivity contribution is 5.86. The molecule has 5 rings (SSSR count). The molecule has 4 N–H and O–H groups in total. The Kier molecular flexibility index (Phi) is 5.61. The average Bonchev–Trinajstić information content (AvgIpc) is 3.34. The van der Waals surface area contributed by atoms with E-state index in [1.165, 1.54) is 11.9 Å². The van der Waals surface area contributed by atoms with E-state index in [4.69, 9.17) is 15.2 Å². The van der Waals surface area contributed by atoms with Crippen molar-refractivity contribution in [3.05, 3.63) is 54.6 Å². The smallest absolute Gasteiger partial charge is 0.164 e. The van der Waals surface area contributed by atoms with Crippen LogP contribution in [0.1, 0.15) is 25.6 Å². The number of nitrogens with zero attached hydrogens (tertiary/aromatic N) is 4. The van der Waals surface area contributed by atoms with E-state index in [0.29, 0.717) is 28.5 Å². The first-order valence-electron chi connectivity index (χ1n) is 11.0. The van der Waals surface area contributed by atoms with Crippen LogP contribution in [0.4, 0.5) is 5.82 Å². The summed E-state index contributed by atoms with van der Waals surface area (Å²) in [7, 11) is 0. The van der Waals surface area contributed by atoms with E-state index in [1.54, 1.807) is 16.8 Å². The number of rotatable bonds is 6. The number of hydrogen-bond acceptors (Lipinski definition) is 8. The average molecular weight is 450 g/mol. The molecule has 1 aliphatic rings. The molecule has 4 atom stereocenters. The van der Waals surface area contributed by atoms with Gasteiger partial charge in [-0.1, -0.05) is 13.8 Å². The Bertz CT molecular complexity index is 1290. The lowest BCUT2D eigenvalue weighted by molar-refractivity contribution is -0.0471. The molecule has 1 aliphatic heterocycles. The van der Waals surface area contributed by atoms with E-state index < -0.39 is 24.5 Å². The van der Waals surface area contributed by atoms with E-state index >= 15 is 0 Å². The summed E-state index contributed by atoms with van der Waals surface area (Å²) >= 11 is 0. The molecule has 33 heavy (non-hydrogen) atoms. The highest BCUT2D eigenvalue weighted by atomic mass is 16.6. The Hall–Kier alpha value is -3.27. The summed E-state index contributed by atoms with van der Waals surface area (Å²) in [6, 6.07) is 9.61. The van der Waals surface area contributed by atoms with Gasteiger partial charge in [-0.3, -0.25) is 4.98 Å². The second kappa shape index (κ2) is 8.58. The molecule has 1 saturated heterocycles. The molecule has 0 bridgehead atoms. The number of benzene rings is 1. The van der Waals surface area contributed by atoms with Crippen molar-refractivity contribution in [2.45, 2.75) is 44.8 Å². The zero-order chi connectivity index (χ0) is 23.1. The summed E-state index contributed by atoms with van der Waals surface area (Å²) in [5.41, 5.74) is 8.46. The van der Waals surface area contributed by atoms with Crippen LogP contribution in [-0.2, 0) is 11.2 Å². The molecule has 172 valence electrons. The molecule has 0 spiro atoms. The fourth-order valence-corrected chi connectivity index (χ4v) is 4.29. The van der Waals surface area contributed by atoms with E-state index in [9.17, 15) is 10.2 Å². The predicted octanol–water partition coefficient (Wildman–Crippen LogP) is 2.46. The number of aromatic nitrogens is 4. The molecule has 1 fully saturated rings. The van der Waals surface area contributed by atoms with Gasteiger partial charge in [0.05, 0.1) is 10.9 Å². The minimum Gasteiger partial charge on any atom is -0.491 e. The third-order valence-electron chi connectivity index (χ3n) is 5.92. The summed E-state index contributed by atoms with van der Waals surface area (Å²) in [5.74, 6) is 1.53. The maximum absolute atomic E-state index is 10.6. The van der Waals surface area contributed by atoms with Gasteiger partial charge in [-0.15, -0.1) is 0 Å². The van der Waals surface area contributed by atoms with Crippen molar-refractivity contribution in [1.29, 1.82) is 0 Å². The molecule has 4 heterocycles. The van der Waals surface area contributed by atoms with Gasteiger partial charge in [0.25, 0.3) is 0 Å². The molecule has 3 aromatic heterocycles. The van der Waals surface area contributed by atoms with Crippen molar-refractivity contribution < 1.29 is 19.7 Å². The van der Waals surface area contributed by atoms with Gasteiger partial charge in [0.15, 0.2) is 6.23 Å². The maximum Gasteiger partial charge on any atom is 0.164 e. The lowest BCUT2D eigenvalue weighted by Crippen LogP contribution is -2.34. The van der Waals surface area contributed by atoms with Crippen LogP contribution in [0.5, 0.6) is 5.75 Å². The van der Waals surface area contributed by atoms with Crippen LogP contribution < -0.4 is 10.5 Å². The minimum absolute atomic E-state index is 0.0714. The van der Waals surface area contributed by atoms with Gasteiger partial charge < -0.3 is 30.0 Å². The van der Waals surface area contributed by atoms with Gasteiger partial charge in [-0.25, -0.2) is 9.97 Å². The molecule has 0 saturated carbocycles. The second-order valence-corrected chi connectivity index (χ2v) is 8.87. The van der Waals surface area contributed by atoms with Crippen molar-refractivity contribution >= 4 is 27.8 Å². The normalized spacial score (nSPS) is 23.1. The number of fused-ring (bicyclic) bond motifs is 2. The monoisotopic (exact) mass is 449 g/mol. The summed E-state index contributed by atoms with van der Waals surface area (Å²) < 4.78 is 13.5. The van der Waals surface area contributed by atoms with E-state index in [0.717, 1.165) is 17.3 Å². The molecule has 1 aromatic carbocycles. The van der Waals surface area contributed by atoms with Crippen LogP contribution in [0, 0.1) is 5.92 Å². The van der Waals surface area contributed by atoms with Crippen molar-refractivity contribution in [1.82, 2.24) is 19.5 Å². The fourth-order valence-electron chi connectivity index (χ4n) is 4.29. The Morgan fingerprint density at radius 3 is 2.79 bits per heavy atom. The first-order valence-corrected chi connectivity index (χ1v) is 11.0. The topological polar surface area (TPSA) is 129 Å². The predicted molar refractivity (Wildman–Crippen MR) is 124 cm³/mol. The molecule has 0 unspecified atom stereocenters. The van der Waals surface area contributed by atoms with Crippen LogP contribution in [0.25, 0.3) is 21.9 Å². The quantitative estimate of drug-likeness (QED) is 0.409. The summed E-state index contributed by atoms with van der Waals surface area (Å²) in [4.78, 5) is 12.8. The number of anilines is 1. The van der Waals surface area contributed by atoms with Gasteiger partial charge in [0, 0.05) is 23.8 Å². The zero-order valence-corrected chi connectivity index (χ0v) is 18.5. The number of hydrogen-bond donors (Lipinski definition) is 3. The van der Waals surface area contributed by atoms with Crippen molar-refractivity contribution in [2.75, 3.05) is 12.3 Å². The van der Waals surface area contributed by atoms with E-state index in [2.05, 4.69) is 34.9 Å². The molecule has 0 aliphatic carbocycles. The summed E-state index contributed by atoms with van der Waals surface area (Å²) in [5, 5.41) is 22.9. The van der Waals surface area contributed by atoms with Gasteiger partial charge in [0.1, 0.15) is 48.5 Å². The summed E-state index contributed by atoms with van der Waals surface area (Å²) in [6.45, 7) is 4.44. The Labute approximate surface area is 190 Å². The molecule has 0 amide bonds. The third-order valence-corrected chi connectivity index (χ3v) is 5.92.